The zero-order valence-electron chi connectivity index (χ0n) is 24.2. The largest absolute Gasteiger partial charge is 0.444 e. The number of benzene rings is 1. The average Bonchev–Trinajstić information content (AvgIpc) is 3.39. The van der Waals surface area contributed by atoms with Gasteiger partial charge in [0.2, 0.25) is 15.2 Å². The topological polar surface area (TPSA) is 137 Å². The molecule has 3 aromatic heterocycles. The molecule has 1 amide bonds. The molecule has 1 aliphatic heterocycles. The van der Waals surface area contributed by atoms with E-state index in [1.54, 1.807) is 31.7 Å². The second-order valence-corrected chi connectivity index (χ2v) is 14.5. The van der Waals surface area contributed by atoms with Crippen LogP contribution < -0.4 is 4.72 Å². The lowest BCUT2D eigenvalue weighted by atomic mass is 9.96. The summed E-state index contributed by atoms with van der Waals surface area (Å²) in [6.45, 7) is 15.0. The maximum atomic E-state index is 13.5. The lowest BCUT2D eigenvalue weighted by Gasteiger charge is -2.34. The van der Waals surface area contributed by atoms with E-state index in [0.717, 1.165) is 5.57 Å². The van der Waals surface area contributed by atoms with Crippen molar-refractivity contribution in [1.29, 1.82) is 0 Å². The highest BCUT2D eigenvalue weighted by Gasteiger charge is 2.54. The van der Waals surface area contributed by atoms with Crippen LogP contribution in [0.15, 0.2) is 35.5 Å². The number of rotatable bonds is 6. The van der Waals surface area contributed by atoms with Crippen LogP contribution in [0, 0.1) is 6.57 Å². The fourth-order valence-corrected chi connectivity index (χ4v) is 7.26. The number of sulfonamides is 1. The quantitative estimate of drug-likeness (QED) is 0.274. The van der Waals surface area contributed by atoms with Crippen molar-refractivity contribution in [2.45, 2.75) is 75.6 Å². The van der Waals surface area contributed by atoms with Crippen LogP contribution in [-0.2, 0) is 14.8 Å². The summed E-state index contributed by atoms with van der Waals surface area (Å²) < 4.78 is 63.2. The Labute approximate surface area is 255 Å². The molecule has 230 valence electrons. The van der Waals surface area contributed by atoms with E-state index in [1.165, 1.54) is 23.0 Å². The molecule has 4 heterocycles. The predicted octanol–water partition coefficient (Wildman–Crippen LogP) is 5.46. The summed E-state index contributed by atoms with van der Waals surface area (Å²) >= 11 is 0.668. The van der Waals surface area contributed by atoms with Gasteiger partial charge in [-0.2, -0.15) is 0 Å². The van der Waals surface area contributed by atoms with Crippen LogP contribution >= 0.6 is 11.3 Å². The second-order valence-electron chi connectivity index (χ2n) is 11.8. The molecule has 0 saturated heterocycles. The van der Waals surface area contributed by atoms with Crippen LogP contribution in [0.4, 0.5) is 13.6 Å². The smallest absolute Gasteiger partial charge is 0.410 e. The number of hydrogen-bond donors (Lipinski definition) is 1. The third-order valence-corrected chi connectivity index (χ3v) is 9.85. The molecule has 12 nitrogen and oxygen atoms in total. The molecule has 0 unspecified atom stereocenters. The maximum absolute atomic E-state index is 13.5. The number of ether oxygens (including phenoxy) is 1. The van der Waals surface area contributed by atoms with Gasteiger partial charge < -0.3 is 9.64 Å². The third kappa shape index (κ3) is 5.39. The van der Waals surface area contributed by atoms with Crippen molar-refractivity contribution in [2.75, 3.05) is 6.54 Å². The van der Waals surface area contributed by atoms with Crippen LogP contribution in [0.25, 0.3) is 37.5 Å². The molecule has 1 aliphatic carbocycles. The number of carbonyl (C=O) groups excluding carboxylic acids is 1. The Morgan fingerprint density at radius 1 is 1.25 bits per heavy atom. The van der Waals surface area contributed by atoms with Gasteiger partial charge in [-0.1, -0.05) is 23.5 Å². The number of aromatic nitrogens is 5. The number of halogens is 2. The fourth-order valence-electron chi connectivity index (χ4n) is 5.16. The van der Waals surface area contributed by atoms with Crippen molar-refractivity contribution in [3.05, 3.63) is 52.7 Å². The van der Waals surface area contributed by atoms with Gasteiger partial charge >= 0.3 is 6.09 Å². The molecule has 44 heavy (non-hydrogen) atoms. The van der Waals surface area contributed by atoms with Crippen LogP contribution in [0.1, 0.15) is 64.1 Å². The van der Waals surface area contributed by atoms with Crippen molar-refractivity contribution in [3.63, 3.8) is 0 Å². The Balaban J connectivity index is 1.50. The first-order valence-electron chi connectivity index (χ1n) is 13.7. The van der Waals surface area contributed by atoms with Crippen molar-refractivity contribution >= 4 is 55.0 Å². The van der Waals surface area contributed by atoms with Crippen molar-refractivity contribution in [2.24, 2.45) is 0 Å². The maximum Gasteiger partial charge on any atom is 0.410 e. The number of alkyl halides is 2. The molecule has 0 bridgehead atoms. The molecular weight excluding hydrogens is 614 g/mol. The van der Waals surface area contributed by atoms with E-state index >= 15 is 0 Å². The molecule has 0 radical (unpaired) electrons. The Hall–Kier alpha value is -4.07. The molecule has 1 saturated carbocycles. The van der Waals surface area contributed by atoms with Gasteiger partial charge in [0.05, 0.1) is 34.3 Å². The van der Waals surface area contributed by atoms with Gasteiger partial charge in [0, 0.05) is 18.0 Å². The van der Waals surface area contributed by atoms with Gasteiger partial charge in [-0.15, -0.1) is 14.9 Å². The molecule has 1 aromatic carbocycles. The molecule has 1 N–H and O–H groups in total. The molecule has 2 aliphatic rings. The Morgan fingerprint density at radius 3 is 2.61 bits per heavy atom. The van der Waals surface area contributed by atoms with E-state index in [-0.39, 0.29) is 22.6 Å². The average molecular weight is 643 g/mol. The van der Waals surface area contributed by atoms with E-state index in [0.29, 0.717) is 58.2 Å². The highest BCUT2D eigenvalue weighted by molar-refractivity contribution is 7.89. The lowest BCUT2D eigenvalue weighted by molar-refractivity contribution is 0.0198. The van der Waals surface area contributed by atoms with Crippen LogP contribution in [0.3, 0.4) is 0 Å². The van der Waals surface area contributed by atoms with Gasteiger partial charge in [-0.05, 0) is 51.8 Å². The summed E-state index contributed by atoms with van der Waals surface area (Å²) in [5.74, 6) is 0. The number of hydrogen-bond acceptors (Lipinski definition) is 9. The standard InChI is InChI=1S/C28H28F2N8O4S2/c1-15-12-16(8-11-37(15)26(39)42-27(2,3)4)21-20-18-7-6-17(44(40,41)36-28(31-5)9-10-28)13-19(18)38(23(20)33-14-32-21)25-35-34-24(43-25)22(29)30/h6-8,13-15,22,36H,9-12H2,1-4H3/t15-/m0/s1. The first kappa shape index (κ1) is 30.0. The van der Waals surface area contributed by atoms with Crippen LogP contribution in [0.5, 0.6) is 0 Å². The summed E-state index contributed by atoms with van der Waals surface area (Å²) in [7, 11) is -4.10. The lowest BCUT2D eigenvalue weighted by Crippen LogP contribution is -2.44. The monoisotopic (exact) mass is 642 g/mol. The fraction of sp³-hybridized carbons (Fsp3) is 0.429. The zero-order chi connectivity index (χ0) is 31.6. The van der Waals surface area contributed by atoms with E-state index in [1.807, 2.05) is 13.0 Å². The molecule has 0 spiro atoms. The molecule has 1 fully saturated rings. The van der Waals surface area contributed by atoms with Gasteiger partial charge in [0.1, 0.15) is 11.9 Å². The molecule has 4 aromatic rings. The minimum absolute atomic E-state index is 0.0781. The SMILES string of the molecule is [C-]#[N+]C1(NS(=O)(=O)c2ccc3c4c(C5=CCN(C(=O)OC(C)(C)C)[C@@H](C)C5)ncnc4n(-c4nnc(C(F)F)s4)c3c2)CC1. The van der Waals surface area contributed by atoms with E-state index < -0.39 is 38.8 Å². The summed E-state index contributed by atoms with van der Waals surface area (Å²) in [4.78, 5) is 26.8. The Bertz CT molecular complexity index is 1990. The number of carbonyl (C=O) groups is 1. The van der Waals surface area contributed by atoms with Gasteiger partial charge in [0.25, 0.3) is 12.1 Å². The number of nitrogens with zero attached hydrogens (tertiary/aromatic N) is 7. The van der Waals surface area contributed by atoms with E-state index in [2.05, 4.69) is 29.7 Å². The van der Waals surface area contributed by atoms with Crippen LogP contribution in [0.2, 0.25) is 0 Å². The summed E-state index contributed by atoms with van der Waals surface area (Å²) in [5.41, 5.74) is 0.267. The second kappa shape index (κ2) is 10.5. The molecule has 16 heteroatoms. The number of fused-ring (bicyclic) bond motifs is 3. The zero-order valence-corrected chi connectivity index (χ0v) is 25.8. The van der Waals surface area contributed by atoms with Crippen molar-refractivity contribution < 1.29 is 26.7 Å². The summed E-state index contributed by atoms with van der Waals surface area (Å²) in [6, 6.07) is 4.23. The minimum Gasteiger partial charge on any atom is -0.444 e. The highest BCUT2D eigenvalue weighted by Crippen LogP contribution is 2.41. The summed E-state index contributed by atoms with van der Waals surface area (Å²) in [5, 5.41) is 8.33. The Morgan fingerprint density at radius 2 is 2.00 bits per heavy atom. The Kier molecular flexibility index (Phi) is 7.17. The van der Waals surface area contributed by atoms with Gasteiger partial charge in [-0.25, -0.2) is 38.5 Å². The molecule has 1 atom stereocenters. The minimum atomic E-state index is -4.10. The van der Waals surface area contributed by atoms with Crippen molar-refractivity contribution in [1.82, 2.24) is 34.4 Å². The number of nitrogens with one attached hydrogen (secondary N) is 1. The van der Waals surface area contributed by atoms with Crippen molar-refractivity contribution in [3.8, 4) is 5.13 Å². The first-order chi connectivity index (χ1) is 20.7. The third-order valence-electron chi connectivity index (χ3n) is 7.41. The predicted molar refractivity (Wildman–Crippen MR) is 159 cm³/mol. The molecule has 6 rings (SSSR count). The number of amides is 1. The van der Waals surface area contributed by atoms with Crippen LogP contribution in [-0.4, -0.2) is 68.0 Å². The van der Waals surface area contributed by atoms with E-state index in [4.69, 9.17) is 11.3 Å². The van der Waals surface area contributed by atoms with Gasteiger partial charge in [-0.3, -0.25) is 9.41 Å². The summed E-state index contributed by atoms with van der Waals surface area (Å²) in [6.07, 6.45) is 1.24. The first-order valence-corrected chi connectivity index (χ1v) is 16.0. The van der Waals surface area contributed by atoms with E-state index in [9.17, 15) is 22.0 Å². The van der Waals surface area contributed by atoms with Gasteiger partial charge in [0.15, 0.2) is 10.7 Å². The normalized spacial score (nSPS) is 18.5. The highest BCUT2D eigenvalue weighted by atomic mass is 32.2. The molecular formula is C28H28F2N8O4S2.